The molecule has 1 aromatic carbocycles. The first-order valence-electron chi connectivity index (χ1n) is 8.09. The summed E-state index contributed by atoms with van der Waals surface area (Å²) in [5.41, 5.74) is 0.691. The van der Waals surface area contributed by atoms with Crippen molar-refractivity contribution < 1.29 is 4.39 Å². The van der Waals surface area contributed by atoms with Crippen molar-refractivity contribution in [2.24, 2.45) is 5.92 Å². The van der Waals surface area contributed by atoms with E-state index >= 15 is 0 Å². The molecule has 1 saturated heterocycles. The largest absolute Gasteiger partial charge is 0.367 e. The highest BCUT2D eigenvalue weighted by molar-refractivity contribution is 6.30. The van der Waals surface area contributed by atoms with E-state index in [1.807, 2.05) is 0 Å². The fraction of sp³-hybridized carbons (Fsp3) is 0.647. The minimum Gasteiger partial charge on any atom is -0.367 e. The highest BCUT2D eigenvalue weighted by Crippen LogP contribution is 2.30. The number of rotatable bonds is 2. The van der Waals surface area contributed by atoms with Gasteiger partial charge in [-0.1, -0.05) is 31.4 Å². The molecule has 1 heterocycles. The van der Waals surface area contributed by atoms with Crippen LogP contribution in [0.15, 0.2) is 18.2 Å². The van der Waals surface area contributed by atoms with E-state index < -0.39 is 0 Å². The van der Waals surface area contributed by atoms with Gasteiger partial charge in [0.1, 0.15) is 5.82 Å². The summed E-state index contributed by atoms with van der Waals surface area (Å²) < 4.78 is 14.0. The Balaban J connectivity index is 1.62. The van der Waals surface area contributed by atoms with E-state index in [2.05, 4.69) is 16.7 Å². The average molecular weight is 311 g/mol. The lowest BCUT2D eigenvalue weighted by molar-refractivity contribution is 0.105. The number of anilines is 1. The van der Waals surface area contributed by atoms with Crippen LogP contribution >= 0.6 is 11.6 Å². The van der Waals surface area contributed by atoms with E-state index in [1.54, 1.807) is 12.1 Å². The summed E-state index contributed by atoms with van der Waals surface area (Å²) in [6, 6.07) is 5.72. The summed E-state index contributed by atoms with van der Waals surface area (Å²) in [7, 11) is 0. The molecule has 0 unspecified atom stereocenters. The van der Waals surface area contributed by atoms with E-state index in [0.29, 0.717) is 10.7 Å². The van der Waals surface area contributed by atoms with Crippen LogP contribution in [0.1, 0.15) is 32.6 Å². The van der Waals surface area contributed by atoms with Gasteiger partial charge in [0.05, 0.1) is 5.69 Å². The molecule has 2 nitrogen and oxygen atoms in total. The van der Waals surface area contributed by atoms with E-state index in [4.69, 9.17) is 11.6 Å². The highest BCUT2D eigenvalue weighted by atomic mass is 35.5. The van der Waals surface area contributed by atoms with Gasteiger partial charge in [-0.15, -0.1) is 0 Å². The Morgan fingerprint density at radius 1 is 1.10 bits per heavy atom. The van der Waals surface area contributed by atoms with E-state index in [1.165, 1.54) is 31.7 Å². The summed E-state index contributed by atoms with van der Waals surface area (Å²) in [5.74, 6) is 0.597. The van der Waals surface area contributed by atoms with Gasteiger partial charge >= 0.3 is 0 Å². The van der Waals surface area contributed by atoms with Gasteiger partial charge in [-0.3, -0.25) is 4.90 Å². The monoisotopic (exact) mass is 310 g/mol. The van der Waals surface area contributed by atoms with E-state index in [0.717, 1.165) is 38.1 Å². The average Bonchev–Trinajstić information content (AvgIpc) is 2.48. The Labute approximate surface area is 131 Å². The zero-order valence-electron chi connectivity index (χ0n) is 12.7. The number of benzene rings is 1. The number of nitrogens with zero attached hydrogens (tertiary/aromatic N) is 2. The molecule has 0 spiro atoms. The molecule has 0 amide bonds. The summed E-state index contributed by atoms with van der Waals surface area (Å²) >= 11 is 5.83. The minimum absolute atomic E-state index is 0.206. The van der Waals surface area contributed by atoms with Gasteiger partial charge in [0.25, 0.3) is 0 Å². The van der Waals surface area contributed by atoms with Gasteiger partial charge in [-0.05, 0) is 37.0 Å². The Hall–Kier alpha value is -0.800. The lowest BCUT2D eigenvalue weighted by Crippen LogP contribution is -2.52. The molecular formula is C17H24ClFN2. The number of piperazine rings is 1. The van der Waals surface area contributed by atoms with Gasteiger partial charge in [-0.25, -0.2) is 4.39 Å². The molecule has 116 valence electrons. The second-order valence-corrected chi connectivity index (χ2v) is 6.88. The van der Waals surface area contributed by atoms with Crippen LogP contribution in [0.3, 0.4) is 0 Å². The number of halogens is 2. The normalized spacial score (nSPS) is 27.9. The fourth-order valence-electron chi connectivity index (χ4n) is 3.87. The molecule has 2 aliphatic rings. The van der Waals surface area contributed by atoms with Gasteiger partial charge in [0.2, 0.25) is 0 Å². The standard InChI is InChI=1S/C17H24ClFN2/c1-13-4-2-3-5-16(13)20-8-10-21(11-9-20)17-7-6-14(18)12-15(17)19/h6-7,12-13,16H,2-5,8-11H2,1H3/t13-,16-/m0/s1. The molecule has 3 rings (SSSR count). The van der Waals surface area contributed by atoms with Crippen LogP contribution in [0.25, 0.3) is 0 Å². The molecule has 1 aromatic rings. The molecule has 1 aliphatic heterocycles. The van der Waals surface area contributed by atoms with Crippen LogP contribution in [-0.2, 0) is 0 Å². The molecule has 1 saturated carbocycles. The maximum atomic E-state index is 14.0. The lowest BCUT2D eigenvalue weighted by atomic mass is 9.84. The lowest BCUT2D eigenvalue weighted by Gasteiger charge is -2.44. The molecular weight excluding hydrogens is 287 g/mol. The van der Waals surface area contributed by atoms with Crippen molar-refractivity contribution >= 4 is 17.3 Å². The zero-order chi connectivity index (χ0) is 14.8. The van der Waals surface area contributed by atoms with Crippen molar-refractivity contribution in [1.29, 1.82) is 0 Å². The van der Waals surface area contributed by atoms with Crippen LogP contribution in [0.2, 0.25) is 5.02 Å². The molecule has 0 aromatic heterocycles. The first-order valence-corrected chi connectivity index (χ1v) is 8.47. The molecule has 4 heteroatoms. The molecule has 0 N–H and O–H groups in total. The van der Waals surface area contributed by atoms with Gasteiger partial charge < -0.3 is 4.90 Å². The topological polar surface area (TPSA) is 6.48 Å². The van der Waals surface area contributed by atoms with Crippen molar-refractivity contribution in [1.82, 2.24) is 4.90 Å². The van der Waals surface area contributed by atoms with Crippen molar-refractivity contribution in [2.75, 3.05) is 31.1 Å². The molecule has 0 radical (unpaired) electrons. The third kappa shape index (κ3) is 3.35. The molecule has 1 aliphatic carbocycles. The first kappa shape index (κ1) is 15.1. The van der Waals surface area contributed by atoms with Crippen molar-refractivity contribution in [2.45, 2.75) is 38.6 Å². The molecule has 0 bridgehead atoms. The predicted octanol–water partition coefficient (Wildman–Crippen LogP) is 4.18. The quantitative estimate of drug-likeness (QED) is 0.808. The molecule has 2 fully saturated rings. The Morgan fingerprint density at radius 3 is 2.48 bits per heavy atom. The minimum atomic E-state index is -0.206. The second-order valence-electron chi connectivity index (χ2n) is 6.45. The summed E-state index contributed by atoms with van der Waals surface area (Å²) in [6.45, 7) is 6.27. The molecule has 2 atom stereocenters. The molecule has 21 heavy (non-hydrogen) atoms. The zero-order valence-corrected chi connectivity index (χ0v) is 13.4. The smallest absolute Gasteiger partial charge is 0.147 e. The van der Waals surface area contributed by atoms with Crippen LogP contribution in [0.5, 0.6) is 0 Å². The van der Waals surface area contributed by atoms with Gasteiger partial charge in [0.15, 0.2) is 0 Å². The van der Waals surface area contributed by atoms with Crippen LogP contribution in [-0.4, -0.2) is 37.1 Å². The Morgan fingerprint density at radius 2 is 1.81 bits per heavy atom. The maximum absolute atomic E-state index is 14.0. The fourth-order valence-corrected chi connectivity index (χ4v) is 4.03. The maximum Gasteiger partial charge on any atom is 0.147 e. The third-order valence-corrected chi connectivity index (χ3v) is 5.33. The summed E-state index contributed by atoms with van der Waals surface area (Å²) in [5, 5.41) is 0.464. The predicted molar refractivity (Wildman–Crippen MR) is 86.6 cm³/mol. The van der Waals surface area contributed by atoms with E-state index in [-0.39, 0.29) is 5.82 Å². The Bertz CT molecular complexity index is 486. The van der Waals surface area contributed by atoms with E-state index in [9.17, 15) is 4.39 Å². The third-order valence-electron chi connectivity index (χ3n) is 5.10. The van der Waals surface area contributed by atoms with Crippen molar-refractivity contribution in [3.8, 4) is 0 Å². The number of hydrogen-bond acceptors (Lipinski definition) is 2. The summed E-state index contributed by atoms with van der Waals surface area (Å²) in [6.07, 6.45) is 5.43. The summed E-state index contributed by atoms with van der Waals surface area (Å²) in [4.78, 5) is 4.77. The highest BCUT2D eigenvalue weighted by Gasteiger charge is 2.30. The SMILES string of the molecule is C[C@H]1CCCC[C@@H]1N1CCN(c2ccc(Cl)cc2F)CC1. The van der Waals surface area contributed by atoms with Gasteiger partial charge in [-0.2, -0.15) is 0 Å². The van der Waals surface area contributed by atoms with Crippen molar-refractivity contribution in [3.63, 3.8) is 0 Å². The van der Waals surface area contributed by atoms with Gasteiger partial charge in [0, 0.05) is 37.2 Å². The number of hydrogen-bond donors (Lipinski definition) is 0. The van der Waals surface area contributed by atoms with Crippen LogP contribution < -0.4 is 4.90 Å². The van der Waals surface area contributed by atoms with Crippen molar-refractivity contribution in [3.05, 3.63) is 29.0 Å². The Kier molecular flexibility index (Phi) is 4.70. The second kappa shape index (κ2) is 6.53. The first-order chi connectivity index (χ1) is 10.1. The van der Waals surface area contributed by atoms with Crippen LogP contribution in [0.4, 0.5) is 10.1 Å². The van der Waals surface area contributed by atoms with Crippen LogP contribution in [0, 0.1) is 11.7 Å².